The van der Waals surface area contributed by atoms with Gasteiger partial charge in [-0.05, 0) is 93.8 Å². The SMILES string of the molecule is CCc1ccc(C2=C(C(=O)Nc3ccc(N(CCc4csc(NC(=O)OC(C)(C)C)n4)C(=O)O)cc3)CCCC2)cc1. The highest BCUT2D eigenvalue weighted by molar-refractivity contribution is 7.13. The molecule has 9 nitrogen and oxygen atoms in total. The van der Waals surface area contributed by atoms with Gasteiger partial charge in [0.25, 0.3) is 5.91 Å². The molecule has 2 aromatic carbocycles. The quantitative estimate of drug-likeness (QED) is 0.234. The van der Waals surface area contributed by atoms with Crippen LogP contribution in [-0.4, -0.2) is 40.3 Å². The van der Waals surface area contributed by atoms with Gasteiger partial charge in [0, 0.05) is 35.3 Å². The summed E-state index contributed by atoms with van der Waals surface area (Å²) in [4.78, 5) is 42.9. The van der Waals surface area contributed by atoms with E-state index in [0.717, 1.165) is 48.8 Å². The molecule has 42 heavy (non-hydrogen) atoms. The summed E-state index contributed by atoms with van der Waals surface area (Å²) in [5.74, 6) is -0.119. The van der Waals surface area contributed by atoms with Crippen LogP contribution in [0.25, 0.3) is 5.57 Å². The van der Waals surface area contributed by atoms with Gasteiger partial charge in [0.2, 0.25) is 0 Å². The van der Waals surface area contributed by atoms with Gasteiger partial charge in [-0.25, -0.2) is 14.6 Å². The first-order chi connectivity index (χ1) is 20.0. The van der Waals surface area contributed by atoms with Crippen molar-refractivity contribution in [3.8, 4) is 0 Å². The Labute approximate surface area is 250 Å². The van der Waals surface area contributed by atoms with Gasteiger partial charge in [0.05, 0.1) is 5.69 Å². The van der Waals surface area contributed by atoms with Gasteiger partial charge in [-0.2, -0.15) is 0 Å². The predicted molar refractivity (Wildman–Crippen MR) is 167 cm³/mol. The maximum absolute atomic E-state index is 13.3. The zero-order valence-electron chi connectivity index (χ0n) is 24.5. The molecule has 0 saturated heterocycles. The number of allylic oxidation sites excluding steroid dienone is 1. The number of ether oxygens (including phenoxy) is 1. The number of carboxylic acid groups (broad SMARTS) is 1. The third-order valence-electron chi connectivity index (χ3n) is 6.87. The summed E-state index contributed by atoms with van der Waals surface area (Å²) in [5.41, 5.74) is 5.39. The Kier molecular flexibility index (Phi) is 10.0. The Morgan fingerprint density at radius 3 is 2.33 bits per heavy atom. The van der Waals surface area contributed by atoms with Gasteiger partial charge in [-0.15, -0.1) is 11.3 Å². The van der Waals surface area contributed by atoms with Crippen LogP contribution in [-0.2, 0) is 22.4 Å². The number of amides is 3. The molecule has 3 aromatic rings. The van der Waals surface area contributed by atoms with Crippen molar-refractivity contribution in [1.29, 1.82) is 0 Å². The first-order valence-electron chi connectivity index (χ1n) is 14.2. The highest BCUT2D eigenvalue weighted by atomic mass is 32.1. The van der Waals surface area contributed by atoms with Gasteiger partial charge in [-0.3, -0.25) is 15.0 Å². The third-order valence-corrected chi connectivity index (χ3v) is 7.68. The number of carbonyl (C=O) groups excluding carboxylic acids is 2. The molecule has 0 saturated carbocycles. The number of thiazole rings is 1. The number of aryl methyl sites for hydroxylation is 1. The molecule has 1 aliphatic carbocycles. The number of hydrogen-bond acceptors (Lipinski definition) is 6. The van der Waals surface area contributed by atoms with Crippen LogP contribution in [0, 0.1) is 0 Å². The van der Waals surface area contributed by atoms with E-state index in [1.165, 1.54) is 21.8 Å². The highest BCUT2D eigenvalue weighted by Gasteiger charge is 2.22. The molecule has 222 valence electrons. The Morgan fingerprint density at radius 1 is 1.00 bits per heavy atom. The van der Waals surface area contributed by atoms with Gasteiger partial charge in [0.1, 0.15) is 5.60 Å². The Hall–Kier alpha value is -4.18. The summed E-state index contributed by atoms with van der Waals surface area (Å²) in [6, 6.07) is 15.2. The number of nitrogens with one attached hydrogen (secondary N) is 2. The van der Waals surface area contributed by atoms with Crippen LogP contribution in [0.3, 0.4) is 0 Å². The van der Waals surface area contributed by atoms with Crippen molar-refractivity contribution in [3.63, 3.8) is 0 Å². The summed E-state index contributed by atoms with van der Waals surface area (Å²) in [6.07, 6.45) is 3.28. The number of aromatic nitrogens is 1. The van der Waals surface area contributed by atoms with Gasteiger partial charge < -0.3 is 15.2 Å². The second kappa shape index (κ2) is 13.7. The fourth-order valence-corrected chi connectivity index (χ4v) is 5.51. The van der Waals surface area contributed by atoms with Crippen molar-refractivity contribution in [2.45, 2.75) is 71.8 Å². The van der Waals surface area contributed by atoms with Crippen LogP contribution in [0.4, 0.5) is 26.1 Å². The van der Waals surface area contributed by atoms with Crippen molar-refractivity contribution in [2.75, 3.05) is 22.1 Å². The molecule has 0 spiro atoms. The molecule has 3 amide bonds. The lowest BCUT2D eigenvalue weighted by Gasteiger charge is -2.21. The van der Waals surface area contributed by atoms with Gasteiger partial charge >= 0.3 is 12.2 Å². The molecule has 1 aromatic heterocycles. The number of anilines is 3. The number of benzene rings is 2. The predicted octanol–water partition coefficient (Wildman–Crippen LogP) is 7.75. The standard InChI is InChI=1S/C32H38N4O5S/c1-5-21-10-12-22(13-11-21)26-8-6-7-9-27(26)28(37)33-23-14-16-25(17-15-23)36(31(39)40)19-18-24-20-42-29(34-24)35-30(38)41-32(2,3)4/h10-17,20H,5-9,18-19H2,1-4H3,(H,33,37)(H,39,40)(H,34,35,38). The minimum absolute atomic E-state index is 0.119. The summed E-state index contributed by atoms with van der Waals surface area (Å²) >= 11 is 1.25. The highest BCUT2D eigenvalue weighted by Crippen LogP contribution is 2.33. The lowest BCUT2D eigenvalue weighted by molar-refractivity contribution is -0.113. The molecule has 3 N–H and O–H groups in total. The third kappa shape index (κ3) is 8.42. The van der Waals surface area contributed by atoms with E-state index in [4.69, 9.17) is 4.74 Å². The van der Waals surface area contributed by atoms with Gasteiger partial charge in [-0.1, -0.05) is 31.2 Å². The lowest BCUT2D eigenvalue weighted by atomic mass is 9.86. The van der Waals surface area contributed by atoms with E-state index < -0.39 is 17.8 Å². The molecule has 4 rings (SSSR count). The molecule has 0 bridgehead atoms. The molecule has 10 heteroatoms. The largest absolute Gasteiger partial charge is 0.465 e. The lowest BCUT2D eigenvalue weighted by Crippen LogP contribution is -2.31. The fraction of sp³-hybridized carbons (Fsp3) is 0.375. The minimum atomic E-state index is -1.10. The van der Waals surface area contributed by atoms with Gasteiger partial charge in [0.15, 0.2) is 5.13 Å². The number of carbonyl (C=O) groups is 3. The van der Waals surface area contributed by atoms with Crippen LogP contribution >= 0.6 is 11.3 Å². The average molecular weight is 591 g/mol. The molecular weight excluding hydrogens is 552 g/mol. The smallest absolute Gasteiger partial charge is 0.413 e. The Morgan fingerprint density at radius 2 is 1.69 bits per heavy atom. The maximum atomic E-state index is 13.3. The summed E-state index contributed by atoms with van der Waals surface area (Å²) in [6.45, 7) is 7.62. The average Bonchev–Trinajstić information content (AvgIpc) is 3.39. The molecule has 1 heterocycles. The molecule has 0 aliphatic heterocycles. The van der Waals surface area contributed by atoms with Crippen molar-refractivity contribution in [3.05, 3.63) is 76.3 Å². The molecule has 0 fully saturated rings. The van der Waals surface area contributed by atoms with E-state index >= 15 is 0 Å². The van der Waals surface area contributed by atoms with E-state index in [2.05, 4.69) is 46.8 Å². The zero-order valence-corrected chi connectivity index (χ0v) is 25.3. The van der Waals surface area contributed by atoms with Crippen molar-refractivity contribution >= 4 is 51.5 Å². The number of hydrogen-bond donors (Lipinski definition) is 3. The Bertz CT molecular complexity index is 1440. The fourth-order valence-electron chi connectivity index (χ4n) is 4.78. The van der Waals surface area contributed by atoms with E-state index in [1.54, 1.807) is 50.4 Å². The van der Waals surface area contributed by atoms with Crippen LogP contribution in [0.15, 0.2) is 59.5 Å². The monoisotopic (exact) mass is 590 g/mol. The topological polar surface area (TPSA) is 121 Å². The van der Waals surface area contributed by atoms with Crippen molar-refractivity contribution < 1.29 is 24.2 Å². The zero-order chi connectivity index (χ0) is 30.3. The molecule has 0 unspecified atom stereocenters. The number of rotatable bonds is 9. The van der Waals surface area contributed by atoms with Crippen LogP contribution in [0.5, 0.6) is 0 Å². The second-order valence-electron chi connectivity index (χ2n) is 11.2. The van der Waals surface area contributed by atoms with E-state index in [0.29, 0.717) is 28.6 Å². The summed E-state index contributed by atoms with van der Waals surface area (Å²) in [7, 11) is 0. The second-order valence-corrected chi connectivity index (χ2v) is 12.0. The van der Waals surface area contributed by atoms with E-state index in [1.807, 2.05) is 0 Å². The molecule has 1 aliphatic rings. The van der Waals surface area contributed by atoms with Crippen molar-refractivity contribution in [2.24, 2.45) is 0 Å². The van der Waals surface area contributed by atoms with Crippen LogP contribution < -0.4 is 15.5 Å². The maximum Gasteiger partial charge on any atom is 0.413 e. The molecule has 0 radical (unpaired) electrons. The first-order valence-corrected chi connectivity index (χ1v) is 15.1. The normalized spacial score (nSPS) is 13.4. The summed E-state index contributed by atoms with van der Waals surface area (Å²) < 4.78 is 5.24. The van der Waals surface area contributed by atoms with Crippen molar-refractivity contribution in [1.82, 2.24) is 4.98 Å². The van der Waals surface area contributed by atoms with E-state index in [-0.39, 0.29) is 12.5 Å². The van der Waals surface area contributed by atoms with Crippen LogP contribution in [0.2, 0.25) is 0 Å². The summed E-state index contributed by atoms with van der Waals surface area (Å²) in [5, 5.41) is 17.6. The molecular formula is C32H38N4O5S. The van der Waals surface area contributed by atoms with E-state index in [9.17, 15) is 19.5 Å². The Balaban J connectivity index is 1.39. The number of nitrogens with zero attached hydrogens (tertiary/aromatic N) is 2. The molecule has 0 atom stereocenters. The first kappa shape index (κ1) is 30.8. The van der Waals surface area contributed by atoms with Crippen LogP contribution in [0.1, 0.15) is 70.2 Å². The minimum Gasteiger partial charge on any atom is -0.465 e.